The van der Waals surface area contributed by atoms with Crippen LogP contribution in [0.15, 0.2) is 59.8 Å². The number of para-hydroxylation sites is 2. The van der Waals surface area contributed by atoms with Crippen molar-refractivity contribution in [2.75, 3.05) is 5.32 Å². The van der Waals surface area contributed by atoms with Crippen LogP contribution in [0, 0.1) is 0 Å². The predicted octanol–water partition coefficient (Wildman–Crippen LogP) is 2.24. The molecule has 1 aromatic heterocycles. The van der Waals surface area contributed by atoms with Crippen molar-refractivity contribution in [2.24, 2.45) is 5.10 Å². The van der Waals surface area contributed by atoms with E-state index in [1.54, 1.807) is 6.20 Å². The van der Waals surface area contributed by atoms with Crippen molar-refractivity contribution in [3.63, 3.8) is 0 Å². The van der Waals surface area contributed by atoms with Crippen LogP contribution in [0.4, 0.5) is 5.69 Å². The largest absolute Gasteiger partial charge is 0.320 e. The topological polar surface area (TPSA) is 59.3 Å². The maximum Gasteiger partial charge on any atom is 0.276 e. The minimum atomic E-state index is -0.203. The maximum atomic E-state index is 12.0. The lowest BCUT2D eigenvalue weighted by atomic mass is 10.1. The molecule has 2 heterocycles. The van der Waals surface area contributed by atoms with Gasteiger partial charge in [0.15, 0.2) is 5.71 Å². The first-order valence-electron chi connectivity index (χ1n) is 6.25. The van der Waals surface area contributed by atoms with Gasteiger partial charge in [0.1, 0.15) is 0 Å². The van der Waals surface area contributed by atoms with E-state index >= 15 is 0 Å². The van der Waals surface area contributed by atoms with Crippen LogP contribution < -0.4 is 5.32 Å². The van der Waals surface area contributed by atoms with Crippen LogP contribution in [0.25, 0.3) is 10.9 Å². The zero-order valence-corrected chi connectivity index (χ0v) is 10.4. The van der Waals surface area contributed by atoms with Crippen LogP contribution in [-0.2, 0) is 4.79 Å². The quantitative estimate of drug-likeness (QED) is 0.731. The van der Waals surface area contributed by atoms with Crippen LogP contribution in [0.2, 0.25) is 0 Å². The maximum absolute atomic E-state index is 12.0. The second-order valence-corrected chi connectivity index (χ2v) is 4.54. The van der Waals surface area contributed by atoms with Crippen molar-refractivity contribution in [1.82, 2.24) is 9.89 Å². The fourth-order valence-electron chi connectivity index (χ4n) is 2.33. The van der Waals surface area contributed by atoms with Crippen molar-refractivity contribution < 1.29 is 4.79 Å². The molecule has 0 fully saturated rings. The number of carbonyl (C=O) groups is 1. The molecule has 96 valence electrons. The lowest BCUT2D eigenvalue weighted by molar-refractivity contribution is -0.110. The molecule has 20 heavy (non-hydrogen) atoms. The molecule has 1 aliphatic heterocycles. The van der Waals surface area contributed by atoms with Crippen LogP contribution in [0.3, 0.4) is 0 Å². The number of anilines is 1. The molecule has 0 atom stereocenters. The smallest absolute Gasteiger partial charge is 0.276 e. The summed E-state index contributed by atoms with van der Waals surface area (Å²) < 4.78 is 0. The number of amides is 1. The summed E-state index contributed by atoms with van der Waals surface area (Å²) >= 11 is 0. The molecular formula is C15H10N4O. The molecule has 5 nitrogen and oxygen atoms in total. The summed E-state index contributed by atoms with van der Waals surface area (Å²) in [5.74, 6) is -0.203. The minimum absolute atomic E-state index is 0.203. The van der Waals surface area contributed by atoms with E-state index < -0.39 is 0 Å². The molecule has 0 aliphatic carbocycles. The van der Waals surface area contributed by atoms with Gasteiger partial charge in [-0.1, -0.05) is 36.4 Å². The Balaban J connectivity index is 1.90. The molecule has 1 aliphatic rings. The number of hydrogen-bond acceptors (Lipinski definition) is 3. The third-order valence-corrected chi connectivity index (χ3v) is 3.30. The lowest BCUT2D eigenvalue weighted by Crippen LogP contribution is -2.16. The SMILES string of the molecule is O=C1Nc2ccccc2/C1=N/n1ncc2ccccc21. The van der Waals surface area contributed by atoms with Crippen molar-refractivity contribution in [3.8, 4) is 0 Å². The average Bonchev–Trinajstić information content (AvgIpc) is 3.02. The first kappa shape index (κ1) is 10.9. The van der Waals surface area contributed by atoms with E-state index in [0.717, 1.165) is 22.2 Å². The summed E-state index contributed by atoms with van der Waals surface area (Å²) in [6, 6.07) is 15.2. The van der Waals surface area contributed by atoms with E-state index in [9.17, 15) is 4.79 Å². The molecule has 5 heteroatoms. The van der Waals surface area contributed by atoms with E-state index in [1.165, 1.54) is 4.79 Å². The van der Waals surface area contributed by atoms with E-state index in [0.29, 0.717) is 5.71 Å². The molecule has 1 N–H and O–H groups in total. The van der Waals surface area contributed by atoms with Gasteiger partial charge in [-0.15, -0.1) is 5.10 Å². The highest BCUT2D eigenvalue weighted by molar-refractivity contribution is 6.53. The van der Waals surface area contributed by atoms with Gasteiger partial charge in [0.25, 0.3) is 5.91 Å². The Bertz CT molecular complexity index is 863. The Morgan fingerprint density at radius 3 is 2.80 bits per heavy atom. The highest BCUT2D eigenvalue weighted by Gasteiger charge is 2.26. The number of nitrogens with zero attached hydrogens (tertiary/aromatic N) is 3. The van der Waals surface area contributed by atoms with Crippen molar-refractivity contribution >= 4 is 28.2 Å². The molecule has 3 aromatic rings. The lowest BCUT2D eigenvalue weighted by Gasteiger charge is -1.98. The van der Waals surface area contributed by atoms with Gasteiger partial charge in [-0.2, -0.15) is 9.89 Å². The van der Waals surface area contributed by atoms with E-state index in [1.807, 2.05) is 48.5 Å². The molecule has 0 saturated carbocycles. The van der Waals surface area contributed by atoms with Crippen LogP contribution in [-0.4, -0.2) is 21.5 Å². The molecule has 4 rings (SSSR count). The summed E-state index contributed by atoms with van der Waals surface area (Å²) in [5, 5.41) is 12.4. The van der Waals surface area contributed by atoms with Gasteiger partial charge in [0, 0.05) is 10.9 Å². The summed E-state index contributed by atoms with van der Waals surface area (Å²) in [7, 11) is 0. The van der Waals surface area contributed by atoms with Gasteiger partial charge in [-0.25, -0.2) is 0 Å². The van der Waals surface area contributed by atoms with Gasteiger partial charge in [-0.3, -0.25) is 4.79 Å². The van der Waals surface area contributed by atoms with E-state index in [2.05, 4.69) is 15.5 Å². The van der Waals surface area contributed by atoms with Crippen LogP contribution in [0.1, 0.15) is 5.56 Å². The Kier molecular flexibility index (Phi) is 2.20. The fraction of sp³-hybridized carbons (Fsp3) is 0. The van der Waals surface area contributed by atoms with Gasteiger partial charge in [0.2, 0.25) is 0 Å². The third-order valence-electron chi connectivity index (χ3n) is 3.30. The highest BCUT2D eigenvalue weighted by Crippen LogP contribution is 2.23. The Morgan fingerprint density at radius 2 is 1.85 bits per heavy atom. The standard InChI is InChI=1S/C15H10N4O/c20-15-14(11-6-2-3-7-12(11)17-15)18-19-13-8-4-1-5-10(13)9-16-19/h1-9H,(H,17,18,20). The number of fused-ring (bicyclic) bond motifs is 2. The normalized spacial score (nSPS) is 15.6. The molecule has 0 spiro atoms. The van der Waals surface area contributed by atoms with E-state index in [4.69, 9.17) is 0 Å². The first-order chi connectivity index (χ1) is 9.83. The summed E-state index contributed by atoms with van der Waals surface area (Å²) in [5.41, 5.74) is 2.84. The number of hydrogen-bond donors (Lipinski definition) is 1. The number of benzene rings is 2. The molecular weight excluding hydrogens is 252 g/mol. The Morgan fingerprint density at radius 1 is 1.05 bits per heavy atom. The van der Waals surface area contributed by atoms with Crippen molar-refractivity contribution in [3.05, 3.63) is 60.3 Å². The fourth-order valence-corrected chi connectivity index (χ4v) is 2.33. The monoisotopic (exact) mass is 262 g/mol. The molecule has 0 unspecified atom stereocenters. The Hall–Kier alpha value is -2.95. The molecule has 0 radical (unpaired) electrons. The van der Waals surface area contributed by atoms with Gasteiger partial charge in [0.05, 0.1) is 17.4 Å². The molecule has 2 aromatic carbocycles. The van der Waals surface area contributed by atoms with Gasteiger partial charge in [-0.05, 0) is 12.1 Å². The summed E-state index contributed by atoms with van der Waals surface area (Å²) in [6.07, 6.45) is 1.73. The van der Waals surface area contributed by atoms with Crippen LogP contribution in [0.5, 0.6) is 0 Å². The van der Waals surface area contributed by atoms with Crippen LogP contribution >= 0.6 is 0 Å². The first-order valence-corrected chi connectivity index (χ1v) is 6.25. The highest BCUT2D eigenvalue weighted by atomic mass is 16.2. The summed E-state index contributed by atoms with van der Waals surface area (Å²) in [4.78, 5) is 13.5. The van der Waals surface area contributed by atoms with Gasteiger partial charge >= 0.3 is 0 Å². The molecule has 1 amide bonds. The second kappa shape index (κ2) is 4.03. The van der Waals surface area contributed by atoms with Gasteiger partial charge < -0.3 is 5.32 Å². The minimum Gasteiger partial charge on any atom is -0.320 e. The third kappa shape index (κ3) is 1.53. The zero-order chi connectivity index (χ0) is 13.5. The molecule has 0 saturated heterocycles. The number of nitrogens with one attached hydrogen (secondary N) is 1. The number of rotatable bonds is 1. The predicted molar refractivity (Wildman–Crippen MR) is 76.7 cm³/mol. The Labute approximate surface area is 114 Å². The average molecular weight is 262 g/mol. The van der Waals surface area contributed by atoms with Crippen molar-refractivity contribution in [2.45, 2.75) is 0 Å². The zero-order valence-electron chi connectivity index (χ0n) is 10.4. The van der Waals surface area contributed by atoms with Crippen molar-refractivity contribution in [1.29, 1.82) is 0 Å². The van der Waals surface area contributed by atoms with E-state index in [-0.39, 0.29) is 5.91 Å². The second-order valence-electron chi connectivity index (χ2n) is 4.54. The summed E-state index contributed by atoms with van der Waals surface area (Å²) in [6.45, 7) is 0. The molecule has 0 bridgehead atoms. The number of carbonyl (C=O) groups excluding carboxylic acids is 1. The number of aromatic nitrogens is 2.